The molecule has 0 saturated carbocycles. The largest absolute Gasteiger partial charge is 0.366 e. The van der Waals surface area contributed by atoms with E-state index in [0.717, 1.165) is 5.56 Å². The molecule has 1 atom stereocenters. The number of anilines is 2. The summed E-state index contributed by atoms with van der Waals surface area (Å²) >= 11 is 12.0. The molecule has 21 heavy (non-hydrogen) atoms. The smallest absolute Gasteiger partial charge is 0.161 e. The normalized spacial score (nSPS) is 12.0. The van der Waals surface area contributed by atoms with Crippen LogP contribution in [0.5, 0.6) is 0 Å². The molecule has 0 saturated heterocycles. The molecule has 2 aromatic rings. The number of nitrogens with one attached hydrogen (secondary N) is 2. The van der Waals surface area contributed by atoms with Gasteiger partial charge in [0.1, 0.15) is 11.6 Å². The molecule has 0 radical (unpaired) electrons. The van der Waals surface area contributed by atoms with Gasteiger partial charge in [-0.15, -0.1) is 0 Å². The second-order valence-electron chi connectivity index (χ2n) is 4.67. The molecule has 1 unspecified atom stereocenters. The standard InChI is InChI=1S/C14H15Cl2FN4/c1-8(6-9-2-4-10(17)5-3-9)19-13-11(15)7-12(16)14(20-13)21-18/h2-5,7-8H,6,18H2,1H3,(H2,19,20,21). The fraction of sp³-hybridized carbons (Fsp3) is 0.214. The summed E-state index contributed by atoms with van der Waals surface area (Å²) in [7, 11) is 0. The van der Waals surface area contributed by atoms with E-state index in [1.807, 2.05) is 6.92 Å². The number of hydrogen-bond acceptors (Lipinski definition) is 4. The lowest BCUT2D eigenvalue weighted by Gasteiger charge is -2.17. The Bertz CT molecular complexity index is 619. The van der Waals surface area contributed by atoms with Crippen LogP contribution in [-0.4, -0.2) is 11.0 Å². The molecule has 2 rings (SSSR count). The molecule has 1 heterocycles. The van der Waals surface area contributed by atoms with Crippen molar-refractivity contribution in [3.05, 3.63) is 51.8 Å². The number of nitrogens with two attached hydrogens (primary N) is 1. The van der Waals surface area contributed by atoms with Crippen LogP contribution in [0.4, 0.5) is 16.0 Å². The highest BCUT2D eigenvalue weighted by molar-refractivity contribution is 6.37. The third kappa shape index (κ3) is 4.20. The van der Waals surface area contributed by atoms with Gasteiger partial charge in [0, 0.05) is 6.04 Å². The van der Waals surface area contributed by atoms with Gasteiger partial charge in [-0.1, -0.05) is 35.3 Å². The number of hydrazine groups is 1. The van der Waals surface area contributed by atoms with Gasteiger partial charge in [0.2, 0.25) is 0 Å². The molecule has 0 bridgehead atoms. The van der Waals surface area contributed by atoms with Gasteiger partial charge in [0.25, 0.3) is 0 Å². The van der Waals surface area contributed by atoms with Crippen LogP contribution in [-0.2, 0) is 6.42 Å². The first kappa shape index (κ1) is 15.8. The number of benzene rings is 1. The van der Waals surface area contributed by atoms with Gasteiger partial charge in [0.15, 0.2) is 5.82 Å². The van der Waals surface area contributed by atoms with Gasteiger partial charge in [-0.05, 0) is 37.1 Å². The van der Waals surface area contributed by atoms with E-state index in [2.05, 4.69) is 15.7 Å². The number of nitrogens with zero attached hydrogens (tertiary/aromatic N) is 1. The number of pyridine rings is 1. The van der Waals surface area contributed by atoms with Gasteiger partial charge >= 0.3 is 0 Å². The molecule has 0 aliphatic rings. The number of halogens is 3. The summed E-state index contributed by atoms with van der Waals surface area (Å²) in [6.45, 7) is 1.98. The number of hydrogen-bond donors (Lipinski definition) is 3. The Morgan fingerprint density at radius 1 is 1.19 bits per heavy atom. The highest BCUT2D eigenvalue weighted by Gasteiger charge is 2.11. The van der Waals surface area contributed by atoms with Crippen molar-refractivity contribution in [1.29, 1.82) is 0 Å². The van der Waals surface area contributed by atoms with Gasteiger partial charge in [-0.3, -0.25) is 0 Å². The number of rotatable bonds is 5. The first-order valence-corrected chi connectivity index (χ1v) is 7.09. The summed E-state index contributed by atoms with van der Waals surface area (Å²) in [6, 6.07) is 7.98. The quantitative estimate of drug-likeness (QED) is 0.576. The van der Waals surface area contributed by atoms with Crippen molar-refractivity contribution in [3.8, 4) is 0 Å². The minimum Gasteiger partial charge on any atom is -0.366 e. The van der Waals surface area contributed by atoms with Crippen molar-refractivity contribution < 1.29 is 4.39 Å². The van der Waals surface area contributed by atoms with Crippen molar-refractivity contribution in [2.24, 2.45) is 5.84 Å². The molecule has 0 aliphatic carbocycles. The van der Waals surface area contributed by atoms with Crippen LogP contribution in [0.15, 0.2) is 30.3 Å². The Morgan fingerprint density at radius 2 is 1.81 bits per heavy atom. The molecule has 0 fully saturated rings. The maximum atomic E-state index is 12.9. The third-order valence-electron chi connectivity index (χ3n) is 2.90. The molecule has 4 nitrogen and oxygen atoms in total. The second-order valence-corrected chi connectivity index (χ2v) is 5.48. The van der Waals surface area contributed by atoms with Crippen molar-refractivity contribution in [2.45, 2.75) is 19.4 Å². The summed E-state index contributed by atoms with van der Waals surface area (Å²) < 4.78 is 12.9. The Hall–Kier alpha value is -1.56. The van der Waals surface area contributed by atoms with E-state index in [-0.39, 0.29) is 11.9 Å². The minimum atomic E-state index is -0.250. The SMILES string of the molecule is CC(Cc1ccc(F)cc1)Nc1nc(NN)c(Cl)cc1Cl. The lowest BCUT2D eigenvalue weighted by atomic mass is 10.1. The van der Waals surface area contributed by atoms with Crippen LogP contribution in [0.3, 0.4) is 0 Å². The predicted octanol–water partition coefficient (Wildman–Crippen LogP) is 3.86. The lowest BCUT2D eigenvalue weighted by molar-refractivity contribution is 0.626. The zero-order chi connectivity index (χ0) is 15.4. The van der Waals surface area contributed by atoms with E-state index in [9.17, 15) is 4.39 Å². The molecule has 0 spiro atoms. The highest BCUT2D eigenvalue weighted by Crippen LogP contribution is 2.29. The van der Waals surface area contributed by atoms with Crippen LogP contribution in [0, 0.1) is 5.82 Å². The van der Waals surface area contributed by atoms with Crippen LogP contribution in [0.25, 0.3) is 0 Å². The van der Waals surface area contributed by atoms with E-state index in [4.69, 9.17) is 29.0 Å². The third-order valence-corrected chi connectivity index (χ3v) is 3.48. The van der Waals surface area contributed by atoms with E-state index in [1.165, 1.54) is 12.1 Å². The van der Waals surface area contributed by atoms with E-state index >= 15 is 0 Å². The Labute approximate surface area is 132 Å². The van der Waals surface area contributed by atoms with E-state index < -0.39 is 0 Å². The summed E-state index contributed by atoms with van der Waals surface area (Å²) in [4.78, 5) is 4.21. The van der Waals surface area contributed by atoms with Crippen LogP contribution in [0.1, 0.15) is 12.5 Å². The first-order chi connectivity index (χ1) is 9.99. The Morgan fingerprint density at radius 3 is 2.43 bits per heavy atom. The molecule has 112 valence electrons. The van der Waals surface area contributed by atoms with Crippen molar-refractivity contribution in [2.75, 3.05) is 10.7 Å². The predicted molar refractivity (Wildman–Crippen MR) is 85.3 cm³/mol. The topological polar surface area (TPSA) is 63.0 Å². The lowest BCUT2D eigenvalue weighted by Crippen LogP contribution is -2.20. The van der Waals surface area contributed by atoms with E-state index in [1.54, 1.807) is 18.2 Å². The number of nitrogen functional groups attached to an aromatic ring is 1. The summed E-state index contributed by atoms with van der Waals surface area (Å²) in [6.07, 6.45) is 0.701. The maximum absolute atomic E-state index is 12.9. The van der Waals surface area contributed by atoms with Gasteiger partial charge in [0.05, 0.1) is 10.0 Å². The van der Waals surface area contributed by atoms with Gasteiger partial charge in [-0.2, -0.15) is 0 Å². The summed E-state index contributed by atoms with van der Waals surface area (Å²) in [5.74, 6) is 5.92. The van der Waals surface area contributed by atoms with Gasteiger partial charge < -0.3 is 10.7 Å². The maximum Gasteiger partial charge on any atom is 0.161 e. The van der Waals surface area contributed by atoms with E-state index in [0.29, 0.717) is 28.1 Å². The first-order valence-electron chi connectivity index (χ1n) is 6.33. The molecular weight excluding hydrogens is 314 g/mol. The zero-order valence-corrected chi connectivity index (χ0v) is 12.8. The fourth-order valence-electron chi connectivity index (χ4n) is 1.93. The average Bonchev–Trinajstić information content (AvgIpc) is 2.44. The highest BCUT2D eigenvalue weighted by atomic mass is 35.5. The molecule has 1 aromatic carbocycles. The van der Waals surface area contributed by atoms with Crippen LogP contribution >= 0.6 is 23.2 Å². The molecule has 1 aromatic heterocycles. The fourth-order valence-corrected chi connectivity index (χ4v) is 2.40. The van der Waals surface area contributed by atoms with Gasteiger partial charge in [-0.25, -0.2) is 15.2 Å². The second kappa shape index (κ2) is 6.93. The molecule has 4 N–H and O–H groups in total. The minimum absolute atomic E-state index is 0.0484. The number of aromatic nitrogens is 1. The summed E-state index contributed by atoms with van der Waals surface area (Å²) in [5, 5.41) is 3.94. The molecule has 0 aliphatic heterocycles. The monoisotopic (exact) mass is 328 g/mol. The molecule has 7 heteroatoms. The molecular formula is C14H15Cl2FN4. The van der Waals surface area contributed by atoms with Crippen molar-refractivity contribution in [1.82, 2.24) is 4.98 Å². The summed E-state index contributed by atoms with van der Waals surface area (Å²) in [5.41, 5.74) is 3.42. The van der Waals surface area contributed by atoms with Crippen molar-refractivity contribution >= 4 is 34.8 Å². The van der Waals surface area contributed by atoms with Crippen molar-refractivity contribution in [3.63, 3.8) is 0 Å². The average molecular weight is 329 g/mol. The zero-order valence-electron chi connectivity index (χ0n) is 11.3. The Balaban J connectivity index is 2.08. The molecule has 0 amide bonds. The van der Waals surface area contributed by atoms with Crippen LogP contribution < -0.4 is 16.6 Å². The van der Waals surface area contributed by atoms with Crippen LogP contribution in [0.2, 0.25) is 10.0 Å². The Kier molecular flexibility index (Phi) is 5.22.